The van der Waals surface area contributed by atoms with Gasteiger partial charge in [-0.05, 0) is 5.56 Å². The lowest BCUT2D eigenvalue weighted by Gasteiger charge is -2.09. The molecule has 4 nitrogen and oxygen atoms in total. The quantitative estimate of drug-likeness (QED) is 0.776. The summed E-state index contributed by atoms with van der Waals surface area (Å²) < 4.78 is 63.6. The molecule has 5 heteroatoms. The SMILES string of the molecule is [2H]c1c([2H])c([2H])c(C(O)CCOS(C)(=O)=O)c([2H])c1[2H]. The van der Waals surface area contributed by atoms with Crippen LogP contribution in [0.5, 0.6) is 0 Å². The van der Waals surface area contributed by atoms with Gasteiger partial charge in [0.05, 0.1) is 25.8 Å². The fourth-order valence-corrected chi connectivity index (χ4v) is 1.28. The molecule has 0 amide bonds. The van der Waals surface area contributed by atoms with Gasteiger partial charge in [-0.1, -0.05) is 30.2 Å². The minimum atomic E-state index is -3.65. The van der Waals surface area contributed by atoms with E-state index in [0.29, 0.717) is 0 Å². The fourth-order valence-electron chi connectivity index (χ4n) is 0.882. The summed E-state index contributed by atoms with van der Waals surface area (Å²) in [6.07, 6.45) is -0.768. The summed E-state index contributed by atoms with van der Waals surface area (Å²) in [5, 5.41) is 9.88. The van der Waals surface area contributed by atoms with Gasteiger partial charge in [0.1, 0.15) is 0 Å². The molecule has 1 atom stereocenters. The average molecular weight is 235 g/mol. The van der Waals surface area contributed by atoms with Gasteiger partial charge in [-0.25, -0.2) is 0 Å². The van der Waals surface area contributed by atoms with Crippen LogP contribution in [0.4, 0.5) is 0 Å². The van der Waals surface area contributed by atoms with Crippen molar-refractivity contribution in [3.05, 3.63) is 35.8 Å². The van der Waals surface area contributed by atoms with E-state index >= 15 is 0 Å². The Morgan fingerprint density at radius 3 is 2.60 bits per heavy atom. The summed E-state index contributed by atoms with van der Waals surface area (Å²) in [6, 6.07) is -2.68. The van der Waals surface area contributed by atoms with Crippen molar-refractivity contribution < 1.29 is 24.6 Å². The Labute approximate surface area is 96.7 Å². The van der Waals surface area contributed by atoms with E-state index in [1.165, 1.54) is 0 Å². The van der Waals surface area contributed by atoms with Crippen LogP contribution in [-0.4, -0.2) is 26.4 Å². The van der Waals surface area contributed by atoms with Crippen molar-refractivity contribution in [3.63, 3.8) is 0 Å². The third kappa shape index (κ3) is 4.92. The van der Waals surface area contributed by atoms with E-state index in [1.54, 1.807) is 0 Å². The van der Waals surface area contributed by atoms with Crippen molar-refractivity contribution in [2.24, 2.45) is 0 Å². The second kappa shape index (κ2) is 5.25. The minimum absolute atomic E-state index is 0.207. The first-order valence-electron chi connectivity index (χ1n) is 6.65. The van der Waals surface area contributed by atoms with Crippen molar-refractivity contribution in [2.75, 3.05) is 12.9 Å². The molecule has 0 aliphatic carbocycles. The largest absolute Gasteiger partial charge is 0.388 e. The number of aliphatic hydroxyl groups excluding tert-OH is 1. The van der Waals surface area contributed by atoms with Crippen molar-refractivity contribution in [3.8, 4) is 0 Å². The highest BCUT2D eigenvalue weighted by Crippen LogP contribution is 2.15. The molecule has 1 rings (SSSR count). The average Bonchev–Trinajstić information content (AvgIpc) is 2.32. The standard InChI is InChI=1S/C10H14O4S/c1-15(12,13)14-8-7-10(11)9-5-3-2-4-6-9/h2-6,10-11H,7-8H2,1H3/i2D,3D,4D,5D,6D. The van der Waals surface area contributed by atoms with Crippen LogP contribution >= 0.6 is 0 Å². The first-order valence-corrected chi connectivity index (χ1v) is 5.97. The van der Waals surface area contributed by atoms with Crippen molar-refractivity contribution in [2.45, 2.75) is 12.5 Å². The fraction of sp³-hybridized carbons (Fsp3) is 0.400. The smallest absolute Gasteiger partial charge is 0.264 e. The van der Waals surface area contributed by atoms with Gasteiger partial charge in [0.25, 0.3) is 10.1 Å². The third-order valence-corrected chi connectivity index (χ3v) is 2.14. The molecular formula is C10H14O4S. The topological polar surface area (TPSA) is 63.6 Å². The second-order valence-corrected chi connectivity index (χ2v) is 4.51. The summed E-state index contributed by atoms with van der Waals surface area (Å²) in [5.74, 6) is 0. The van der Waals surface area contributed by atoms with E-state index < -0.39 is 46.4 Å². The molecule has 0 saturated heterocycles. The molecule has 0 bridgehead atoms. The van der Waals surface area contributed by atoms with Crippen molar-refractivity contribution in [1.82, 2.24) is 0 Å². The Hall–Kier alpha value is -0.910. The highest BCUT2D eigenvalue weighted by molar-refractivity contribution is 7.85. The van der Waals surface area contributed by atoms with Gasteiger partial charge in [-0.15, -0.1) is 0 Å². The monoisotopic (exact) mass is 235 g/mol. The van der Waals surface area contributed by atoms with E-state index in [0.717, 1.165) is 6.26 Å². The molecule has 0 spiro atoms. The zero-order valence-electron chi connectivity index (χ0n) is 13.1. The Morgan fingerprint density at radius 2 is 2.07 bits per heavy atom. The van der Waals surface area contributed by atoms with Gasteiger partial charge in [0.2, 0.25) is 0 Å². The Bertz CT molecular complexity index is 588. The molecule has 0 heterocycles. The molecule has 1 N–H and O–H groups in total. The number of rotatable bonds is 5. The molecule has 0 aliphatic heterocycles. The van der Waals surface area contributed by atoms with Gasteiger partial charge < -0.3 is 5.11 Å². The molecule has 84 valence electrons. The summed E-state index contributed by atoms with van der Waals surface area (Å²) >= 11 is 0. The predicted octanol–water partition coefficient (Wildman–Crippen LogP) is 1.09. The van der Waals surface area contributed by atoms with Crippen LogP contribution in [0.15, 0.2) is 30.2 Å². The van der Waals surface area contributed by atoms with Gasteiger partial charge in [-0.2, -0.15) is 8.42 Å². The van der Waals surface area contributed by atoms with E-state index in [-0.39, 0.29) is 18.6 Å². The maximum Gasteiger partial charge on any atom is 0.264 e. The lowest BCUT2D eigenvalue weighted by atomic mass is 10.1. The van der Waals surface area contributed by atoms with E-state index in [1.807, 2.05) is 0 Å². The van der Waals surface area contributed by atoms with Crippen LogP contribution in [0.1, 0.15) is 24.9 Å². The van der Waals surface area contributed by atoms with Crippen molar-refractivity contribution in [1.29, 1.82) is 0 Å². The molecule has 1 unspecified atom stereocenters. The Kier molecular flexibility index (Phi) is 2.32. The van der Waals surface area contributed by atoms with Gasteiger partial charge in [0.15, 0.2) is 0 Å². The predicted molar refractivity (Wildman–Crippen MR) is 56.8 cm³/mol. The second-order valence-electron chi connectivity index (χ2n) is 2.87. The number of benzene rings is 1. The molecule has 1 aromatic carbocycles. The highest BCUT2D eigenvalue weighted by atomic mass is 32.2. The molecule has 0 aromatic heterocycles. The molecule has 1 aromatic rings. The zero-order chi connectivity index (χ0) is 15.7. The molecule has 0 saturated carbocycles. The summed E-state index contributed by atoms with van der Waals surface area (Å²) in [5.41, 5.74) is -0.270. The van der Waals surface area contributed by atoms with Crippen molar-refractivity contribution >= 4 is 10.1 Å². The molecule has 15 heavy (non-hydrogen) atoms. The van der Waals surface area contributed by atoms with E-state index in [4.69, 9.17) is 6.85 Å². The molecule has 0 radical (unpaired) electrons. The van der Waals surface area contributed by atoms with Crippen LogP contribution in [-0.2, 0) is 14.3 Å². The van der Waals surface area contributed by atoms with Crippen LogP contribution in [0.3, 0.4) is 0 Å². The first kappa shape index (κ1) is 6.62. The lowest BCUT2D eigenvalue weighted by molar-refractivity contribution is 0.143. The maximum absolute atomic E-state index is 10.8. The molecule has 0 aliphatic rings. The van der Waals surface area contributed by atoms with Gasteiger partial charge in [0, 0.05) is 6.42 Å². The minimum Gasteiger partial charge on any atom is -0.388 e. The van der Waals surface area contributed by atoms with E-state index in [9.17, 15) is 13.5 Å². The normalized spacial score (nSPS) is 18.4. The first-order chi connectivity index (χ1) is 9.06. The third-order valence-electron chi connectivity index (χ3n) is 1.54. The van der Waals surface area contributed by atoms with Crippen LogP contribution in [0.2, 0.25) is 0 Å². The zero-order valence-corrected chi connectivity index (χ0v) is 8.89. The van der Waals surface area contributed by atoms with Crippen LogP contribution in [0, 0.1) is 0 Å². The molecule has 0 fully saturated rings. The summed E-state index contributed by atoms with van der Waals surface area (Å²) in [6.45, 7) is -0.345. The Balaban J connectivity index is 3.02. The Morgan fingerprint density at radius 1 is 1.47 bits per heavy atom. The summed E-state index contributed by atoms with van der Waals surface area (Å²) in [7, 11) is -3.65. The van der Waals surface area contributed by atoms with E-state index in [2.05, 4.69) is 4.18 Å². The maximum atomic E-state index is 10.8. The molecular weight excluding hydrogens is 216 g/mol. The lowest BCUT2D eigenvalue weighted by Crippen LogP contribution is -2.08. The summed E-state index contributed by atoms with van der Waals surface area (Å²) in [4.78, 5) is 0. The number of aliphatic hydroxyl groups is 1. The number of hydrogen-bond donors (Lipinski definition) is 1. The highest BCUT2D eigenvalue weighted by Gasteiger charge is 2.08. The number of hydrogen-bond acceptors (Lipinski definition) is 4. The van der Waals surface area contributed by atoms with Gasteiger partial charge >= 0.3 is 0 Å². The van der Waals surface area contributed by atoms with Crippen LogP contribution < -0.4 is 0 Å². The van der Waals surface area contributed by atoms with Crippen LogP contribution in [0.25, 0.3) is 0 Å². The van der Waals surface area contributed by atoms with Gasteiger partial charge in [-0.3, -0.25) is 4.18 Å².